The number of carbonyl (C=O) groups is 1. The van der Waals surface area contributed by atoms with E-state index in [1.807, 2.05) is 6.07 Å². The Balaban J connectivity index is 1.61. The van der Waals surface area contributed by atoms with Crippen LogP contribution in [0.15, 0.2) is 54.2 Å². The number of nitrogens with zero attached hydrogens (tertiary/aromatic N) is 3. The van der Waals surface area contributed by atoms with Crippen LogP contribution in [0.5, 0.6) is 0 Å². The van der Waals surface area contributed by atoms with Crippen LogP contribution in [-0.4, -0.2) is 37.0 Å². The Labute approximate surface area is 172 Å². The summed E-state index contributed by atoms with van der Waals surface area (Å²) >= 11 is 11.8. The first-order valence-corrected chi connectivity index (χ1v) is 9.35. The molecule has 0 aromatic heterocycles. The largest absolute Gasteiger partial charge is 0.368 e. The van der Waals surface area contributed by atoms with Gasteiger partial charge in [-0.2, -0.15) is 5.26 Å². The van der Waals surface area contributed by atoms with Crippen LogP contribution in [0.4, 0.5) is 15.8 Å². The quantitative estimate of drug-likeness (QED) is 0.593. The van der Waals surface area contributed by atoms with Crippen molar-refractivity contribution in [2.24, 2.45) is 0 Å². The van der Waals surface area contributed by atoms with Crippen LogP contribution in [0, 0.1) is 17.1 Å². The highest BCUT2D eigenvalue weighted by Gasteiger charge is 2.24. The lowest BCUT2D eigenvalue weighted by Crippen LogP contribution is -2.49. The van der Waals surface area contributed by atoms with E-state index >= 15 is 0 Å². The average molecular weight is 419 g/mol. The highest BCUT2D eigenvalue weighted by molar-refractivity contribution is 6.42. The third-order valence-electron chi connectivity index (χ3n) is 4.41. The third kappa shape index (κ3) is 4.75. The molecule has 0 unspecified atom stereocenters. The van der Waals surface area contributed by atoms with Crippen molar-refractivity contribution in [2.75, 3.05) is 36.4 Å². The smallest absolute Gasteiger partial charge is 0.266 e. The van der Waals surface area contributed by atoms with Crippen molar-refractivity contribution in [3.63, 3.8) is 0 Å². The number of hydrogen-bond acceptors (Lipinski definition) is 4. The topological polar surface area (TPSA) is 59.4 Å². The maximum Gasteiger partial charge on any atom is 0.266 e. The molecule has 1 fully saturated rings. The molecule has 5 nitrogen and oxygen atoms in total. The molecule has 1 heterocycles. The molecule has 0 atom stereocenters. The summed E-state index contributed by atoms with van der Waals surface area (Å²) < 4.78 is 13.1. The zero-order chi connectivity index (χ0) is 20.1. The highest BCUT2D eigenvalue weighted by Crippen LogP contribution is 2.25. The molecule has 8 heteroatoms. The standard InChI is InChI=1S/C20H17Cl2FN4O/c21-18-6-3-16(11-19(18)22)25-13-14(12-24)20(28)27-9-7-26(8-10-27)17-4-1-15(23)2-5-17/h1-6,11,13,25H,7-10H2/b14-13-. The van der Waals surface area contributed by atoms with Crippen LogP contribution in [0.2, 0.25) is 10.0 Å². The zero-order valence-electron chi connectivity index (χ0n) is 14.8. The predicted octanol–water partition coefficient (Wildman–Crippen LogP) is 4.30. The van der Waals surface area contributed by atoms with Crippen molar-refractivity contribution < 1.29 is 9.18 Å². The van der Waals surface area contributed by atoms with Crippen molar-refractivity contribution in [1.82, 2.24) is 4.90 Å². The van der Waals surface area contributed by atoms with E-state index in [0.29, 0.717) is 41.9 Å². The van der Waals surface area contributed by atoms with E-state index in [9.17, 15) is 14.4 Å². The van der Waals surface area contributed by atoms with Gasteiger partial charge in [-0.1, -0.05) is 23.2 Å². The van der Waals surface area contributed by atoms with Gasteiger partial charge in [0.25, 0.3) is 5.91 Å². The first-order valence-electron chi connectivity index (χ1n) is 8.59. The van der Waals surface area contributed by atoms with Crippen LogP contribution < -0.4 is 10.2 Å². The van der Waals surface area contributed by atoms with Crippen LogP contribution in [-0.2, 0) is 4.79 Å². The average Bonchev–Trinajstić information content (AvgIpc) is 2.71. The summed E-state index contributed by atoms with van der Waals surface area (Å²) in [6.45, 7) is 2.16. The number of nitrogens with one attached hydrogen (secondary N) is 1. The van der Waals surface area contributed by atoms with Gasteiger partial charge in [0, 0.05) is 43.8 Å². The fourth-order valence-corrected chi connectivity index (χ4v) is 3.17. The zero-order valence-corrected chi connectivity index (χ0v) is 16.3. The molecule has 1 amide bonds. The van der Waals surface area contributed by atoms with Crippen LogP contribution >= 0.6 is 23.2 Å². The predicted molar refractivity (Wildman–Crippen MR) is 109 cm³/mol. The first-order chi connectivity index (χ1) is 13.5. The molecule has 2 aromatic carbocycles. The summed E-state index contributed by atoms with van der Waals surface area (Å²) in [5.74, 6) is -0.621. The van der Waals surface area contributed by atoms with Crippen molar-refractivity contribution >= 4 is 40.5 Å². The fraction of sp³-hybridized carbons (Fsp3) is 0.200. The number of halogens is 3. The number of anilines is 2. The van der Waals surface area contributed by atoms with Gasteiger partial charge in [-0.25, -0.2) is 4.39 Å². The van der Waals surface area contributed by atoms with E-state index < -0.39 is 0 Å². The Bertz CT molecular complexity index is 932. The Morgan fingerprint density at radius 3 is 2.36 bits per heavy atom. The molecule has 1 aliphatic rings. The number of rotatable bonds is 4. The molecule has 0 spiro atoms. The molecule has 1 aliphatic heterocycles. The second-order valence-corrected chi connectivity index (χ2v) is 7.01. The summed E-state index contributed by atoms with van der Waals surface area (Å²) in [6, 6.07) is 13.1. The van der Waals surface area contributed by atoms with Gasteiger partial charge >= 0.3 is 0 Å². The van der Waals surface area contributed by atoms with E-state index in [0.717, 1.165) is 5.69 Å². The van der Waals surface area contributed by atoms with Gasteiger partial charge in [0.15, 0.2) is 0 Å². The lowest BCUT2D eigenvalue weighted by molar-refractivity contribution is -0.127. The normalized spacial score (nSPS) is 14.6. The summed E-state index contributed by atoms with van der Waals surface area (Å²) in [5.41, 5.74) is 1.53. The molecule has 0 radical (unpaired) electrons. The maximum atomic E-state index is 13.1. The second-order valence-electron chi connectivity index (χ2n) is 6.20. The summed E-state index contributed by atoms with van der Waals surface area (Å²) in [4.78, 5) is 16.3. The van der Waals surface area contributed by atoms with Gasteiger partial charge in [-0.3, -0.25) is 4.79 Å². The van der Waals surface area contributed by atoms with Crippen LogP contribution in [0.25, 0.3) is 0 Å². The van der Waals surface area contributed by atoms with Gasteiger partial charge in [0.1, 0.15) is 17.5 Å². The summed E-state index contributed by atoms with van der Waals surface area (Å²) in [7, 11) is 0. The molecular weight excluding hydrogens is 402 g/mol. The first kappa shape index (κ1) is 20.0. The molecule has 144 valence electrons. The summed E-state index contributed by atoms with van der Waals surface area (Å²) in [6.07, 6.45) is 1.37. The van der Waals surface area contributed by atoms with Gasteiger partial charge in [0.05, 0.1) is 10.0 Å². The molecule has 0 saturated carbocycles. The molecule has 1 N–H and O–H groups in total. The highest BCUT2D eigenvalue weighted by atomic mass is 35.5. The molecule has 2 aromatic rings. The molecule has 28 heavy (non-hydrogen) atoms. The molecule has 3 rings (SSSR count). The molecular formula is C20H17Cl2FN4O. The fourth-order valence-electron chi connectivity index (χ4n) is 2.87. The van der Waals surface area contributed by atoms with E-state index in [1.54, 1.807) is 35.2 Å². The van der Waals surface area contributed by atoms with Gasteiger partial charge in [-0.15, -0.1) is 0 Å². The Morgan fingerprint density at radius 1 is 1.07 bits per heavy atom. The summed E-state index contributed by atoms with van der Waals surface area (Å²) in [5, 5.41) is 13.1. The van der Waals surface area contributed by atoms with Crippen LogP contribution in [0.3, 0.4) is 0 Å². The van der Waals surface area contributed by atoms with E-state index in [-0.39, 0.29) is 17.3 Å². The number of hydrogen-bond donors (Lipinski definition) is 1. The number of amides is 1. The molecule has 0 bridgehead atoms. The van der Waals surface area contributed by atoms with E-state index in [1.165, 1.54) is 18.3 Å². The number of piperazine rings is 1. The Kier molecular flexibility index (Phi) is 6.40. The maximum absolute atomic E-state index is 13.1. The molecule has 0 aliphatic carbocycles. The van der Waals surface area contributed by atoms with Crippen molar-refractivity contribution in [3.8, 4) is 6.07 Å². The monoisotopic (exact) mass is 418 g/mol. The van der Waals surface area contributed by atoms with E-state index in [2.05, 4.69) is 10.2 Å². The third-order valence-corrected chi connectivity index (χ3v) is 5.15. The van der Waals surface area contributed by atoms with Crippen molar-refractivity contribution in [2.45, 2.75) is 0 Å². The molecule has 1 saturated heterocycles. The van der Waals surface area contributed by atoms with Gasteiger partial charge in [-0.05, 0) is 42.5 Å². The second kappa shape index (κ2) is 8.96. The minimum atomic E-state index is -0.339. The van der Waals surface area contributed by atoms with Crippen LogP contribution in [0.1, 0.15) is 0 Å². The van der Waals surface area contributed by atoms with Gasteiger partial charge in [0.2, 0.25) is 0 Å². The lowest BCUT2D eigenvalue weighted by Gasteiger charge is -2.36. The Morgan fingerprint density at radius 2 is 1.75 bits per heavy atom. The number of carbonyl (C=O) groups excluding carboxylic acids is 1. The van der Waals surface area contributed by atoms with Crippen molar-refractivity contribution in [1.29, 1.82) is 5.26 Å². The van der Waals surface area contributed by atoms with Gasteiger partial charge < -0.3 is 15.1 Å². The van der Waals surface area contributed by atoms with E-state index in [4.69, 9.17) is 23.2 Å². The lowest BCUT2D eigenvalue weighted by atomic mass is 10.2. The van der Waals surface area contributed by atoms with Crippen molar-refractivity contribution in [3.05, 3.63) is 70.1 Å². The minimum Gasteiger partial charge on any atom is -0.368 e. The number of benzene rings is 2. The SMILES string of the molecule is N#C/C(=C/Nc1ccc(Cl)c(Cl)c1)C(=O)N1CCN(c2ccc(F)cc2)CC1. The Hall–Kier alpha value is -2.75. The minimum absolute atomic E-state index is 0.00121. The number of nitriles is 1.